The van der Waals surface area contributed by atoms with Gasteiger partial charge in [0.1, 0.15) is 6.04 Å². The monoisotopic (exact) mass is 372 g/mol. The van der Waals surface area contributed by atoms with E-state index in [0.29, 0.717) is 19.6 Å². The molecular weight excluding hydrogens is 348 g/mol. The van der Waals surface area contributed by atoms with Crippen LogP contribution in [0.2, 0.25) is 0 Å². The maximum Gasteiger partial charge on any atom is 0.321 e. The molecule has 0 saturated carbocycles. The quantitative estimate of drug-likeness (QED) is 0.498. The van der Waals surface area contributed by atoms with Gasteiger partial charge >= 0.3 is 5.97 Å². The van der Waals surface area contributed by atoms with Crippen LogP contribution in [0.15, 0.2) is 29.2 Å². The largest absolute Gasteiger partial charge is 0.480 e. The van der Waals surface area contributed by atoms with Crippen molar-refractivity contribution in [2.75, 3.05) is 20.3 Å². The molecule has 0 aliphatic heterocycles. The number of carbonyl (C=O) groups is 2. The molecule has 25 heavy (non-hydrogen) atoms. The number of nitrogens with one attached hydrogen (secondary N) is 2. The third-order valence-corrected chi connectivity index (χ3v) is 4.91. The van der Waals surface area contributed by atoms with E-state index in [-0.39, 0.29) is 16.9 Å². The van der Waals surface area contributed by atoms with Crippen molar-refractivity contribution in [3.05, 3.63) is 29.8 Å². The lowest BCUT2D eigenvalue weighted by atomic mass is 10.1. The fourth-order valence-corrected chi connectivity index (χ4v) is 3.34. The Kier molecular flexibility index (Phi) is 8.53. The fourth-order valence-electron chi connectivity index (χ4n) is 2.07. The molecule has 0 saturated heterocycles. The van der Waals surface area contributed by atoms with E-state index in [0.717, 1.165) is 6.42 Å². The summed E-state index contributed by atoms with van der Waals surface area (Å²) in [7, 11) is -2.55. The molecule has 8 nitrogen and oxygen atoms in total. The van der Waals surface area contributed by atoms with Gasteiger partial charge in [0, 0.05) is 19.2 Å². The van der Waals surface area contributed by atoms with Crippen molar-refractivity contribution < 1.29 is 27.9 Å². The van der Waals surface area contributed by atoms with Gasteiger partial charge in [-0.05, 0) is 24.6 Å². The van der Waals surface area contributed by atoms with Gasteiger partial charge in [0.05, 0.1) is 11.5 Å². The normalized spacial score (nSPS) is 12.6. The first-order chi connectivity index (χ1) is 11.8. The van der Waals surface area contributed by atoms with Crippen molar-refractivity contribution in [2.45, 2.75) is 37.1 Å². The molecule has 1 aromatic rings. The van der Waals surface area contributed by atoms with Crippen molar-refractivity contribution in [2.24, 2.45) is 0 Å². The number of sulfonamides is 1. The van der Waals surface area contributed by atoms with Crippen LogP contribution in [0.1, 0.15) is 36.5 Å². The van der Waals surface area contributed by atoms with Crippen LogP contribution in [0.4, 0.5) is 0 Å². The van der Waals surface area contributed by atoms with E-state index in [9.17, 15) is 23.1 Å². The van der Waals surface area contributed by atoms with Gasteiger partial charge in [-0.1, -0.05) is 25.8 Å². The Labute approximate surface area is 147 Å². The molecule has 0 unspecified atom stereocenters. The molecule has 0 bridgehead atoms. The summed E-state index contributed by atoms with van der Waals surface area (Å²) in [5.41, 5.74) is 0.166. The molecular formula is C16H24N2O6S. The number of carboxylic acids is 1. The van der Waals surface area contributed by atoms with Gasteiger partial charge in [-0.25, -0.2) is 8.42 Å². The Hall–Kier alpha value is -1.97. The Morgan fingerprint density at radius 3 is 2.64 bits per heavy atom. The molecule has 3 N–H and O–H groups in total. The molecule has 0 spiro atoms. The minimum atomic E-state index is -4.05. The zero-order chi connectivity index (χ0) is 18.9. The number of hydrogen-bond donors (Lipinski definition) is 3. The molecule has 140 valence electrons. The van der Waals surface area contributed by atoms with Crippen LogP contribution in [-0.4, -0.2) is 51.7 Å². The minimum absolute atomic E-state index is 0.158. The molecule has 0 aliphatic carbocycles. The second kappa shape index (κ2) is 10.1. The number of hydrogen-bond acceptors (Lipinski definition) is 5. The van der Waals surface area contributed by atoms with Gasteiger partial charge in [-0.3, -0.25) is 9.59 Å². The van der Waals surface area contributed by atoms with Gasteiger partial charge in [-0.15, -0.1) is 0 Å². The van der Waals surface area contributed by atoms with Gasteiger partial charge in [0.15, 0.2) is 0 Å². The lowest BCUT2D eigenvalue weighted by molar-refractivity contribution is -0.139. The highest BCUT2D eigenvalue weighted by Crippen LogP contribution is 2.13. The summed E-state index contributed by atoms with van der Waals surface area (Å²) < 4.78 is 31.8. The summed E-state index contributed by atoms with van der Waals surface area (Å²) in [6, 6.07) is 4.23. The van der Waals surface area contributed by atoms with Gasteiger partial charge in [0.2, 0.25) is 10.0 Å². The summed E-state index contributed by atoms with van der Waals surface area (Å²) in [6.45, 7) is 2.52. The van der Waals surface area contributed by atoms with E-state index in [1.165, 1.54) is 31.4 Å². The van der Waals surface area contributed by atoms with Crippen molar-refractivity contribution in [3.63, 3.8) is 0 Å². The Bertz CT molecular complexity index is 690. The average Bonchev–Trinajstić information content (AvgIpc) is 2.58. The number of aliphatic carboxylic acids is 1. The first-order valence-electron chi connectivity index (χ1n) is 7.94. The summed E-state index contributed by atoms with van der Waals surface area (Å²) in [5.74, 6) is -1.67. The van der Waals surface area contributed by atoms with Crippen molar-refractivity contribution in [3.8, 4) is 0 Å². The zero-order valence-corrected chi connectivity index (χ0v) is 15.1. The van der Waals surface area contributed by atoms with E-state index in [2.05, 4.69) is 10.0 Å². The topological polar surface area (TPSA) is 122 Å². The molecule has 0 aliphatic rings. The molecule has 9 heteroatoms. The highest BCUT2D eigenvalue weighted by atomic mass is 32.2. The van der Waals surface area contributed by atoms with Gasteiger partial charge in [0.25, 0.3) is 5.91 Å². The third kappa shape index (κ3) is 6.81. The SMILES string of the molecule is CCCC[C@H](NS(=O)(=O)c1cccc(C(=O)NCCOC)c1)C(=O)O. The number of unbranched alkanes of at least 4 members (excludes halogenated alkanes) is 1. The first-order valence-corrected chi connectivity index (χ1v) is 9.42. The summed E-state index contributed by atoms with van der Waals surface area (Å²) in [6.07, 6.45) is 1.53. The second-order valence-corrected chi connectivity index (χ2v) is 7.14. The predicted molar refractivity (Wildman–Crippen MR) is 91.9 cm³/mol. The molecule has 0 heterocycles. The second-order valence-electron chi connectivity index (χ2n) is 5.43. The number of methoxy groups -OCH3 is 1. The van der Waals surface area contributed by atoms with Crippen LogP contribution < -0.4 is 10.0 Å². The molecule has 0 fully saturated rings. The zero-order valence-electron chi connectivity index (χ0n) is 14.3. The molecule has 1 rings (SSSR count). The average molecular weight is 372 g/mol. The summed E-state index contributed by atoms with van der Waals surface area (Å²) in [4.78, 5) is 23.1. The van der Waals surface area contributed by atoms with Crippen LogP contribution in [0.3, 0.4) is 0 Å². The lowest BCUT2D eigenvalue weighted by Gasteiger charge is -2.15. The summed E-state index contributed by atoms with van der Waals surface area (Å²) >= 11 is 0. The number of rotatable bonds is 11. The molecule has 0 radical (unpaired) electrons. The van der Waals surface area contributed by atoms with Crippen LogP contribution in [0, 0.1) is 0 Å². The smallest absolute Gasteiger partial charge is 0.321 e. The minimum Gasteiger partial charge on any atom is -0.480 e. The van der Waals surface area contributed by atoms with E-state index >= 15 is 0 Å². The Balaban J connectivity index is 2.92. The van der Waals surface area contributed by atoms with Crippen LogP contribution in [-0.2, 0) is 19.6 Å². The Morgan fingerprint density at radius 2 is 2.04 bits per heavy atom. The van der Waals surface area contributed by atoms with Crippen LogP contribution in [0.25, 0.3) is 0 Å². The standard InChI is InChI=1S/C16H24N2O6S/c1-3-4-8-14(16(20)21)18-25(22,23)13-7-5-6-12(11-13)15(19)17-9-10-24-2/h5-7,11,14,18H,3-4,8-10H2,1-2H3,(H,17,19)(H,20,21)/t14-/m0/s1. The number of carbonyl (C=O) groups excluding carboxylic acids is 1. The van der Waals surface area contributed by atoms with Crippen molar-refractivity contribution in [1.82, 2.24) is 10.0 Å². The van der Waals surface area contributed by atoms with Gasteiger partial charge in [-0.2, -0.15) is 4.72 Å². The molecule has 1 atom stereocenters. The van der Waals surface area contributed by atoms with Crippen molar-refractivity contribution >= 4 is 21.9 Å². The maximum absolute atomic E-state index is 12.4. The number of carboxylic acid groups (broad SMARTS) is 1. The van der Waals surface area contributed by atoms with E-state index in [1.54, 1.807) is 0 Å². The molecule has 1 amide bonds. The fraction of sp³-hybridized carbons (Fsp3) is 0.500. The highest BCUT2D eigenvalue weighted by Gasteiger charge is 2.25. The molecule has 0 aromatic heterocycles. The number of benzene rings is 1. The predicted octanol–water partition coefficient (Wildman–Crippen LogP) is 0.984. The van der Waals surface area contributed by atoms with E-state index in [1.807, 2.05) is 6.92 Å². The maximum atomic E-state index is 12.4. The van der Waals surface area contributed by atoms with Crippen LogP contribution >= 0.6 is 0 Å². The third-order valence-electron chi connectivity index (χ3n) is 3.44. The number of ether oxygens (including phenoxy) is 1. The Morgan fingerprint density at radius 1 is 1.32 bits per heavy atom. The van der Waals surface area contributed by atoms with Crippen molar-refractivity contribution in [1.29, 1.82) is 0 Å². The molecule has 1 aromatic carbocycles. The first kappa shape index (κ1) is 21.1. The highest BCUT2D eigenvalue weighted by molar-refractivity contribution is 7.89. The van der Waals surface area contributed by atoms with Gasteiger partial charge < -0.3 is 15.2 Å². The van der Waals surface area contributed by atoms with Crippen LogP contribution in [0.5, 0.6) is 0 Å². The van der Waals surface area contributed by atoms with E-state index < -0.39 is 27.9 Å². The lowest BCUT2D eigenvalue weighted by Crippen LogP contribution is -2.40. The summed E-state index contributed by atoms with van der Waals surface area (Å²) in [5, 5.41) is 11.8. The number of amides is 1. The van der Waals surface area contributed by atoms with E-state index in [4.69, 9.17) is 4.74 Å².